The fourth-order valence-electron chi connectivity index (χ4n) is 2.46. The summed E-state index contributed by atoms with van der Waals surface area (Å²) < 4.78 is 1.22. The van der Waals surface area contributed by atoms with E-state index in [1.807, 2.05) is 0 Å². The normalized spacial score (nSPS) is 21.7. The van der Waals surface area contributed by atoms with E-state index in [0.717, 1.165) is 13.1 Å². The summed E-state index contributed by atoms with van der Waals surface area (Å²) in [4.78, 5) is 2.50. The molecule has 0 aliphatic carbocycles. The van der Waals surface area contributed by atoms with Crippen LogP contribution in [0, 0.1) is 12.8 Å². The molecule has 18 heavy (non-hydrogen) atoms. The lowest BCUT2D eigenvalue weighted by molar-refractivity contribution is 0.308. The van der Waals surface area contributed by atoms with Crippen molar-refractivity contribution in [2.75, 3.05) is 13.1 Å². The van der Waals surface area contributed by atoms with Gasteiger partial charge < -0.3 is 5.73 Å². The summed E-state index contributed by atoms with van der Waals surface area (Å²) in [5, 5.41) is 0. The zero-order chi connectivity index (χ0) is 12.4. The minimum Gasteiger partial charge on any atom is -0.328 e. The van der Waals surface area contributed by atoms with Crippen molar-refractivity contribution in [3.05, 3.63) is 33.8 Å². The number of halogens is 2. The van der Waals surface area contributed by atoms with Gasteiger partial charge in [-0.05, 0) is 49.9 Å². The van der Waals surface area contributed by atoms with E-state index in [1.54, 1.807) is 0 Å². The predicted molar refractivity (Wildman–Crippen MR) is 83.2 cm³/mol. The summed E-state index contributed by atoms with van der Waals surface area (Å²) in [6, 6.07) is 6.91. The Morgan fingerprint density at radius 2 is 2.22 bits per heavy atom. The van der Waals surface area contributed by atoms with Gasteiger partial charge in [0.15, 0.2) is 0 Å². The molecule has 0 bridgehead atoms. The number of nitrogens with zero attached hydrogens (tertiary/aromatic N) is 1. The van der Waals surface area contributed by atoms with Gasteiger partial charge in [-0.15, -0.1) is 12.4 Å². The molecule has 1 saturated heterocycles. The molecule has 1 aromatic rings. The quantitative estimate of drug-likeness (QED) is 0.919. The summed E-state index contributed by atoms with van der Waals surface area (Å²) in [7, 11) is 0. The number of nitrogens with two attached hydrogens (primary N) is 1. The Bertz CT molecular complexity index is 395. The van der Waals surface area contributed by atoms with Crippen molar-refractivity contribution in [1.29, 1.82) is 0 Å². The van der Waals surface area contributed by atoms with Crippen LogP contribution < -0.4 is 5.73 Å². The Hall–Kier alpha value is -0.0900. The van der Waals surface area contributed by atoms with Crippen molar-refractivity contribution in [2.24, 2.45) is 11.7 Å². The van der Waals surface area contributed by atoms with Gasteiger partial charge in [0.2, 0.25) is 0 Å². The molecule has 2 atom stereocenters. The van der Waals surface area contributed by atoms with Gasteiger partial charge in [0.25, 0.3) is 0 Å². The maximum Gasteiger partial charge on any atom is 0.0245 e. The number of aryl methyl sites for hydroxylation is 1. The molecule has 1 fully saturated rings. The highest BCUT2D eigenvalue weighted by Gasteiger charge is 2.25. The number of benzene rings is 1. The molecule has 2 nitrogen and oxygen atoms in total. The van der Waals surface area contributed by atoms with Crippen LogP contribution in [-0.4, -0.2) is 24.0 Å². The zero-order valence-corrected chi connectivity index (χ0v) is 13.4. The van der Waals surface area contributed by atoms with Gasteiger partial charge >= 0.3 is 0 Å². The number of rotatable bonds is 3. The van der Waals surface area contributed by atoms with Crippen molar-refractivity contribution in [3.63, 3.8) is 0 Å². The van der Waals surface area contributed by atoms with E-state index in [1.165, 1.54) is 28.6 Å². The van der Waals surface area contributed by atoms with Crippen molar-refractivity contribution in [1.82, 2.24) is 4.90 Å². The molecule has 2 unspecified atom stereocenters. The first-order valence-corrected chi connectivity index (χ1v) is 7.08. The first kappa shape index (κ1) is 16.0. The summed E-state index contributed by atoms with van der Waals surface area (Å²) >= 11 is 3.65. The Kier molecular flexibility index (Phi) is 6.12. The van der Waals surface area contributed by atoms with Gasteiger partial charge in [0.1, 0.15) is 0 Å². The molecular weight excluding hydrogens is 312 g/mol. The second-order valence-electron chi connectivity index (χ2n) is 5.24. The third-order valence-corrected chi connectivity index (χ3v) is 4.39. The minimum absolute atomic E-state index is 0. The van der Waals surface area contributed by atoms with E-state index in [-0.39, 0.29) is 12.4 Å². The van der Waals surface area contributed by atoms with Crippen molar-refractivity contribution in [2.45, 2.75) is 32.9 Å². The molecule has 1 aromatic carbocycles. The van der Waals surface area contributed by atoms with Crippen LogP contribution in [0.25, 0.3) is 0 Å². The van der Waals surface area contributed by atoms with E-state index in [9.17, 15) is 0 Å². The summed E-state index contributed by atoms with van der Waals surface area (Å²) in [5.41, 5.74) is 8.64. The third kappa shape index (κ3) is 3.95. The second kappa shape index (κ2) is 6.90. The topological polar surface area (TPSA) is 29.3 Å². The van der Waals surface area contributed by atoms with Gasteiger partial charge in [-0.2, -0.15) is 0 Å². The summed E-state index contributed by atoms with van der Waals surface area (Å²) in [6.45, 7) is 7.58. The molecule has 0 spiro atoms. The van der Waals surface area contributed by atoms with E-state index < -0.39 is 0 Å². The van der Waals surface area contributed by atoms with Gasteiger partial charge in [-0.3, -0.25) is 4.90 Å². The lowest BCUT2D eigenvalue weighted by Gasteiger charge is -2.18. The van der Waals surface area contributed by atoms with Crippen molar-refractivity contribution >= 4 is 28.3 Å². The van der Waals surface area contributed by atoms with Crippen LogP contribution in [0.4, 0.5) is 0 Å². The number of hydrogen-bond acceptors (Lipinski definition) is 2. The Morgan fingerprint density at radius 3 is 2.78 bits per heavy atom. The largest absolute Gasteiger partial charge is 0.328 e. The van der Waals surface area contributed by atoms with Crippen LogP contribution in [-0.2, 0) is 6.54 Å². The first-order chi connectivity index (χ1) is 8.06. The number of likely N-dealkylation sites (tertiary alicyclic amines) is 1. The zero-order valence-electron chi connectivity index (χ0n) is 11.0. The first-order valence-electron chi connectivity index (χ1n) is 6.29. The molecule has 0 saturated carbocycles. The third-order valence-electron chi connectivity index (χ3n) is 3.65. The van der Waals surface area contributed by atoms with E-state index in [0.29, 0.717) is 12.0 Å². The summed E-state index contributed by atoms with van der Waals surface area (Å²) in [5.74, 6) is 0.666. The summed E-state index contributed by atoms with van der Waals surface area (Å²) in [6.07, 6.45) is 1.24. The lowest BCUT2D eigenvalue weighted by atomic mass is 10.0. The molecule has 1 heterocycles. The van der Waals surface area contributed by atoms with E-state index in [2.05, 4.69) is 52.9 Å². The van der Waals surface area contributed by atoms with Gasteiger partial charge in [-0.1, -0.05) is 28.1 Å². The highest BCUT2D eigenvalue weighted by atomic mass is 79.9. The molecule has 102 valence electrons. The molecule has 1 aliphatic rings. The molecule has 4 heteroatoms. The molecule has 0 amide bonds. The molecule has 2 N–H and O–H groups in total. The van der Waals surface area contributed by atoms with E-state index >= 15 is 0 Å². The maximum absolute atomic E-state index is 5.97. The lowest BCUT2D eigenvalue weighted by Crippen LogP contribution is -2.29. The highest BCUT2D eigenvalue weighted by Crippen LogP contribution is 2.24. The second-order valence-corrected chi connectivity index (χ2v) is 6.09. The Labute approximate surface area is 124 Å². The van der Waals surface area contributed by atoms with Crippen LogP contribution in [0.15, 0.2) is 22.7 Å². The van der Waals surface area contributed by atoms with E-state index in [4.69, 9.17) is 5.73 Å². The van der Waals surface area contributed by atoms with Crippen LogP contribution in [0.1, 0.15) is 24.5 Å². The molecule has 0 radical (unpaired) electrons. The van der Waals surface area contributed by atoms with Gasteiger partial charge in [-0.25, -0.2) is 0 Å². The van der Waals surface area contributed by atoms with Crippen LogP contribution >= 0.6 is 28.3 Å². The fraction of sp³-hybridized carbons (Fsp3) is 0.571. The van der Waals surface area contributed by atoms with Crippen molar-refractivity contribution < 1.29 is 0 Å². The monoisotopic (exact) mass is 332 g/mol. The highest BCUT2D eigenvalue weighted by molar-refractivity contribution is 9.10. The fourth-order valence-corrected chi connectivity index (χ4v) is 3.08. The molecular formula is C14H22BrClN2. The molecule has 1 aliphatic heterocycles. The Balaban J connectivity index is 0.00000162. The predicted octanol–water partition coefficient (Wildman–Crippen LogP) is 3.35. The maximum atomic E-state index is 5.97. The average molecular weight is 334 g/mol. The van der Waals surface area contributed by atoms with Crippen LogP contribution in [0.2, 0.25) is 0 Å². The van der Waals surface area contributed by atoms with Crippen LogP contribution in [0.5, 0.6) is 0 Å². The molecule has 2 rings (SSSR count). The van der Waals surface area contributed by atoms with Crippen molar-refractivity contribution in [3.8, 4) is 0 Å². The molecule has 0 aromatic heterocycles. The number of hydrogen-bond donors (Lipinski definition) is 1. The van der Waals surface area contributed by atoms with Gasteiger partial charge in [0, 0.05) is 23.6 Å². The smallest absolute Gasteiger partial charge is 0.0245 e. The van der Waals surface area contributed by atoms with Crippen LogP contribution in [0.3, 0.4) is 0 Å². The Morgan fingerprint density at radius 1 is 1.50 bits per heavy atom. The minimum atomic E-state index is 0. The SMILES string of the molecule is Cc1ccc(CN2CCC(C(C)N)C2)c(Br)c1.Cl. The van der Waals surface area contributed by atoms with Gasteiger partial charge in [0.05, 0.1) is 0 Å². The average Bonchev–Trinajstić information content (AvgIpc) is 2.71. The standard InChI is InChI=1S/C14H21BrN2.ClH/c1-10-3-4-13(14(15)7-10)9-17-6-5-12(8-17)11(2)16;/h3-4,7,11-12H,5-6,8-9,16H2,1-2H3;1H.